The molecule has 0 amide bonds. The van der Waals surface area contributed by atoms with E-state index in [1.54, 1.807) is 32.4 Å². The largest absolute Gasteiger partial charge is 0.466 e. The fourth-order valence-corrected chi connectivity index (χ4v) is 1.82. The average Bonchev–Trinajstić information content (AvgIpc) is 2.85. The number of nitrogens with one attached hydrogen (secondary N) is 2. The van der Waals surface area contributed by atoms with Gasteiger partial charge in [-0.15, -0.1) is 0 Å². The smallest absolute Gasteiger partial charge is 0.191 e. The van der Waals surface area contributed by atoms with Crippen LogP contribution >= 0.6 is 0 Å². The first kappa shape index (κ1) is 13.0. The Hall–Kier alpha value is -1.49. The number of aliphatic imine (C=N–C) groups is 1. The van der Waals surface area contributed by atoms with E-state index in [-0.39, 0.29) is 0 Å². The van der Waals surface area contributed by atoms with Gasteiger partial charge in [0.2, 0.25) is 0 Å². The summed E-state index contributed by atoms with van der Waals surface area (Å²) in [5, 5.41) is 16.7. The molecule has 0 aromatic carbocycles. The standard InChI is InChI=1S/C13H21N3O2/c1-9-7-10(9)16-12(14-3)15-8-13(2,17)11-5-4-6-18-11/h4-6,9-10,17H,7-8H2,1-3H3,(H2,14,15,16). The lowest BCUT2D eigenvalue weighted by molar-refractivity contribution is 0.0386. The highest BCUT2D eigenvalue weighted by Crippen LogP contribution is 2.28. The lowest BCUT2D eigenvalue weighted by Crippen LogP contribution is -2.45. The fraction of sp³-hybridized carbons (Fsp3) is 0.615. The van der Waals surface area contributed by atoms with Crippen molar-refractivity contribution in [2.75, 3.05) is 13.6 Å². The number of hydrogen-bond acceptors (Lipinski definition) is 3. The van der Waals surface area contributed by atoms with Gasteiger partial charge in [0.05, 0.1) is 12.8 Å². The van der Waals surface area contributed by atoms with Crippen LogP contribution in [0.3, 0.4) is 0 Å². The van der Waals surface area contributed by atoms with Crippen LogP contribution in [0.1, 0.15) is 26.0 Å². The quantitative estimate of drug-likeness (QED) is 0.553. The van der Waals surface area contributed by atoms with E-state index in [1.807, 2.05) is 0 Å². The third-order valence-electron chi connectivity index (χ3n) is 3.31. The zero-order valence-electron chi connectivity index (χ0n) is 11.1. The molecular formula is C13H21N3O2. The Morgan fingerprint density at radius 1 is 1.67 bits per heavy atom. The van der Waals surface area contributed by atoms with Gasteiger partial charge in [0.25, 0.3) is 0 Å². The van der Waals surface area contributed by atoms with Crippen LogP contribution in [0.25, 0.3) is 0 Å². The van der Waals surface area contributed by atoms with Gasteiger partial charge in [-0.25, -0.2) is 0 Å². The van der Waals surface area contributed by atoms with E-state index < -0.39 is 5.60 Å². The summed E-state index contributed by atoms with van der Waals surface area (Å²) in [4.78, 5) is 4.14. The summed E-state index contributed by atoms with van der Waals surface area (Å²) in [5.41, 5.74) is -1.05. The Labute approximate surface area is 107 Å². The highest BCUT2D eigenvalue weighted by atomic mass is 16.4. The first-order valence-electron chi connectivity index (χ1n) is 6.26. The molecule has 3 N–H and O–H groups in total. The van der Waals surface area contributed by atoms with Crippen molar-refractivity contribution in [2.45, 2.75) is 31.9 Å². The van der Waals surface area contributed by atoms with Gasteiger partial charge in [0, 0.05) is 13.1 Å². The van der Waals surface area contributed by atoms with Gasteiger partial charge < -0.3 is 20.2 Å². The average molecular weight is 251 g/mol. The van der Waals surface area contributed by atoms with E-state index >= 15 is 0 Å². The van der Waals surface area contributed by atoms with Crippen molar-refractivity contribution in [2.24, 2.45) is 10.9 Å². The van der Waals surface area contributed by atoms with E-state index in [9.17, 15) is 5.11 Å². The van der Waals surface area contributed by atoms with Crippen LogP contribution in [0.15, 0.2) is 27.8 Å². The molecule has 1 saturated carbocycles. The molecule has 5 heteroatoms. The summed E-state index contributed by atoms with van der Waals surface area (Å²) < 4.78 is 5.22. The lowest BCUT2D eigenvalue weighted by Gasteiger charge is -2.22. The van der Waals surface area contributed by atoms with Crippen molar-refractivity contribution < 1.29 is 9.52 Å². The minimum absolute atomic E-state index is 0.348. The molecular weight excluding hydrogens is 230 g/mol. The maximum atomic E-state index is 10.3. The van der Waals surface area contributed by atoms with Crippen molar-refractivity contribution in [1.29, 1.82) is 0 Å². The second-order valence-electron chi connectivity index (χ2n) is 5.14. The number of aliphatic hydroxyl groups is 1. The predicted molar refractivity (Wildman–Crippen MR) is 70.3 cm³/mol. The summed E-state index contributed by atoms with van der Waals surface area (Å²) in [5.74, 6) is 1.97. The van der Waals surface area contributed by atoms with Crippen molar-refractivity contribution in [3.63, 3.8) is 0 Å². The maximum absolute atomic E-state index is 10.3. The predicted octanol–water partition coefficient (Wildman–Crippen LogP) is 1.06. The van der Waals surface area contributed by atoms with Gasteiger partial charge >= 0.3 is 0 Å². The van der Waals surface area contributed by atoms with Crippen LogP contribution < -0.4 is 10.6 Å². The van der Waals surface area contributed by atoms with Gasteiger partial charge in [-0.05, 0) is 31.4 Å². The molecule has 0 aliphatic heterocycles. The maximum Gasteiger partial charge on any atom is 0.191 e. The summed E-state index contributed by atoms with van der Waals surface area (Å²) in [6.07, 6.45) is 2.73. The molecule has 0 saturated heterocycles. The highest BCUT2D eigenvalue weighted by molar-refractivity contribution is 5.80. The van der Waals surface area contributed by atoms with Gasteiger partial charge in [-0.3, -0.25) is 4.99 Å². The van der Waals surface area contributed by atoms with Crippen LogP contribution in [0.4, 0.5) is 0 Å². The zero-order chi connectivity index (χ0) is 13.2. The van der Waals surface area contributed by atoms with Crippen LogP contribution in [0.2, 0.25) is 0 Å². The molecule has 1 fully saturated rings. The van der Waals surface area contributed by atoms with Crippen molar-refractivity contribution in [3.8, 4) is 0 Å². The van der Waals surface area contributed by atoms with Crippen LogP contribution in [-0.4, -0.2) is 30.7 Å². The van der Waals surface area contributed by atoms with Gasteiger partial charge in [-0.2, -0.15) is 0 Å². The summed E-state index contributed by atoms with van der Waals surface area (Å²) in [6, 6.07) is 4.04. The molecule has 5 nitrogen and oxygen atoms in total. The summed E-state index contributed by atoms with van der Waals surface area (Å²) >= 11 is 0. The molecule has 1 heterocycles. The van der Waals surface area contributed by atoms with E-state index in [0.29, 0.717) is 24.3 Å². The van der Waals surface area contributed by atoms with E-state index in [1.165, 1.54) is 6.42 Å². The van der Waals surface area contributed by atoms with Crippen LogP contribution in [0, 0.1) is 5.92 Å². The summed E-state index contributed by atoms with van der Waals surface area (Å²) in [6.45, 7) is 4.26. The van der Waals surface area contributed by atoms with Crippen LogP contribution in [0.5, 0.6) is 0 Å². The van der Waals surface area contributed by atoms with Crippen LogP contribution in [-0.2, 0) is 5.60 Å². The Balaban J connectivity index is 1.86. The second kappa shape index (κ2) is 5.02. The van der Waals surface area contributed by atoms with E-state index in [4.69, 9.17) is 4.42 Å². The number of furan rings is 1. The topological polar surface area (TPSA) is 69.8 Å². The normalized spacial score (nSPS) is 26.6. The monoisotopic (exact) mass is 251 g/mol. The molecule has 0 radical (unpaired) electrons. The van der Waals surface area contributed by atoms with Crippen molar-refractivity contribution in [1.82, 2.24) is 10.6 Å². The molecule has 100 valence electrons. The molecule has 3 unspecified atom stereocenters. The van der Waals surface area contributed by atoms with Crippen molar-refractivity contribution in [3.05, 3.63) is 24.2 Å². The fourth-order valence-electron chi connectivity index (χ4n) is 1.82. The lowest BCUT2D eigenvalue weighted by atomic mass is 10.0. The Morgan fingerprint density at radius 3 is 2.89 bits per heavy atom. The summed E-state index contributed by atoms with van der Waals surface area (Å²) in [7, 11) is 1.73. The number of guanidine groups is 1. The molecule has 3 atom stereocenters. The number of nitrogens with zero attached hydrogens (tertiary/aromatic N) is 1. The molecule has 2 rings (SSSR count). The number of rotatable bonds is 4. The Bertz CT molecular complexity index is 412. The SMILES string of the molecule is CN=C(NCC(C)(O)c1ccco1)NC1CC1C. The number of hydrogen-bond donors (Lipinski definition) is 3. The minimum Gasteiger partial charge on any atom is -0.466 e. The van der Waals surface area contributed by atoms with Gasteiger partial charge in [0.1, 0.15) is 11.4 Å². The minimum atomic E-state index is -1.05. The van der Waals surface area contributed by atoms with E-state index in [0.717, 1.165) is 5.96 Å². The Morgan fingerprint density at radius 2 is 2.39 bits per heavy atom. The zero-order valence-corrected chi connectivity index (χ0v) is 11.1. The highest BCUT2D eigenvalue weighted by Gasteiger charge is 2.33. The van der Waals surface area contributed by atoms with E-state index in [2.05, 4.69) is 22.5 Å². The molecule has 1 aliphatic rings. The van der Waals surface area contributed by atoms with Gasteiger partial charge in [0.15, 0.2) is 5.96 Å². The third-order valence-corrected chi connectivity index (χ3v) is 3.31. The third kappa shape index (κ3) is 3.04. The molecule has 1 aromatic rings. The second-order valence-corrected chi connectivity index (χ2v) is 5.14. The molecule has 0 bridgehead atoms. The molecule has 18 heavy (non-hydrogen) atoms. The Kier molecular flexibility index (Phi) is 3.61. The van der Waals surface area contributed by atoms with Gasteiger partial charge in [-0.1, -0.05) is 6.92 Å². The first-order valence-corrected chi connectivity index (χ1v) is 6.26. The molecule has 0 spiro atoms. The first-order chi connectivity index (χ1) is 8.53. The molecule has 1 aromatic heterocycles. The molecule has 1 aliphatic carbocycles. The van der Waals surface area contributed by atoms with Crippen molar-refractivity contribution >= 4 is 5.96 Å².